The van der Waals surface area contributed by atoms with E-state index in [0.717, 1.165) is 22.6 Å². The number of halogens is 1. The lowest BCUT2D eigenvalue weighted by molar-refractivity contribution is -0.117. The number of hydrogen-bond acceptors (Lipinski definition) is 6. The van der Waals surface area contributed by atoms with Crippen LogP contribution in [0.25, 0.3) is 0 Å². The van der Waals surface area contributed by atoms with E-state index in [1.165, 1.54) is 11.3 Å². The Bertz CT molecular complexity index is 1210. The molecule has 1 aliphatic carbocycles. The number of hydrogen-bond donors (Lipinski definition) is 2. The molecule has 0 saturated carbocycles. The molecule has 2 N–H and O–H groups in total. The average Bonchev–Trinajstić information content (AvgIpc) is 3.45. The second-order valence-electron chi connectivity index (χ2n) is 7.39. The van der Waals surface area contributed by atoms with Crippen LogP contribution in [0, 0.1) is 6.92 Å². The van der Waals surface area contributed by atoms with Crippen molar-refractivity contribution in [1.29, 1.82) is 0 Å². The zero-order valence-corrected chi connectivity index (χ0v) is 18.1. The van der Waals surface area contributed by atoms with Crippen molar-refractivity contribution in [2.75, 3.05) is 17.4 Å². The van der Waals surface area contributed by atoms with Gasteiger partial charge < -0.3 is 14.8 Å². The van der Waals surface area contributed by atoms with Gasteiger partial charge in [-0.25, -0.2) is 4.98 Å². The second-order valence-corrected chi connectivity index (χ2v) is 8.91. The molecule has 0 fully saturated rings. The molecule has 9 heteroatoms. The Morgan fingerprint density at radius 2 is 1.97 bits per heavy atom. The number of nitrogens with zero attached hydrogens (tertiary/aromatic N) is 1. The van der Waals surface area contributed by atoms with E-state index < -0.39 is 0 Å². The van der Waals surface area contributed by atoms with Crippen LogP contribution in [0.2, 0.25) is 5.02 Å². The van der Waals surface area contributed by atoms with E-state index in [-0.39, 0.29) is 24.5 Å². The summed E-state index contributed by atoms with van der Waals surface area (Å²) in [5, 5.41) is 6.83. The van der Waals surface area contributed by atoms with Gasteiger partial charge >= 0.3 is 0 Å². The number of fused-ring (bicyclic) bond motifs is 2. The number of thiazole rings is 1. The zero-order chi connectivity index (χ0) is 21.5. The van der Waals surface area contributed by atoms with E-state index >= 15 is 0 Å². The summed E-state index contributed by atoms with van der Waals surface area (Å²) < 4.78 is 10.6. The molecule has 158 valence electrons. The SMILES string of the molecule is Cc1ccc(Cl)cc1NC(=O)C1CCc2sc(NC(=O)c3ccc4c(c3)OCO4)nc21. The normalized spacial score (nSPS) is 16.1. The molecule has 2 aliphatic rings. The number of carbonyl (C=O) groups is 2. The van der Waals surface area contributed by atoms with Crippen molar-refractivity contribution in [2.45, 2.75) is 25.7 Å². The standard InChI is InChI=1S/C22H18ClN3O4S/c1-11-2-4-13(23)9-15(11)24-21(28)14-5-7-18-19(14)25-22(31-18)26-20(27)12-3-6-16-17(8-12)30-10-29-16/h2-4,6,8-9,14H,5,7,10H2,1H3,(H,24,28)(H,25,26,27). The predicted octanol–water partition coefficient (Wildman–Crippen LogP) is 4.75. The first kappa shape index (κ1) is 19.8. The van der Waals surface area contributed by atoms with E-state index in [9.17, 15) is 9.59 Å². The minimum Gasteiger partial charge on any atom is -0.454 e. The van der Waals surface area contributed by atoms with E-state index in [1.54, 1.807) is 30.3 Å². The molecule has 0 bridgehead atoms. The highest BCUT2D eigenvalue weighted by Crippen LogP contribution is 2.39. The quantitative estimate of drug-likeness (QED) is 0.592. The first-order valence-corrected chi connectivity index (χ1v) is 10.9. The smallest absolute Gasteiger partial charge is 0.257 e. The van der Waals surface area contributed by atoms with Crippen LogP contribution in [0.4, 0.5) is 10.8 Å². The molecular weight excluding hydrogens is 438 g/mol. The molecular formula is C22H18ClN3O4S. The lowest BCUT2D eigenvalue weighted by Gasteiger charge is -2.13. The van der Waals surface area contributed by atoms with Crippen LogP contribution in [0.1, 0.15) is 38.8 Å². The molecule has 1 aromatic heterocycles. The molecule has 1 aliphatic heterocycles. The summed E-state index contributed by atoms with van der Waals surface area (Å²) >= 11 is 7.46. The van der Waals surface area contributed by atoms with Crippen molar-refractivity contribution in [3.63, 3.8) is 0 Å². The van der Waals surface area contributed by atoms with Gasteiger partial charge in [0.25, 0.3) is 5.91 Å². The van der Waals surface area contributed by atoms with Gasteiger partial charge in [-0.1, -0.05) is 17.7 Å². The van der Waals surface area contributed by atoms with Crippen LogP contribution in [-0.4, -0.2) is 23.6 Å². The Morgan fingerprint density at radius 1 is 1.13 bits per heavy atom. The van der Waals surface area contributed by atoms with Gasteiger partial charge in [0.1, 0.15) is 0 Å². The fourth-order valence-corrected chi connectivity index (χ4v) is 4.90. The van der Waals surface area contributed by atoms with Gasteiger partial charge in [-0.2, -0.15) is 0 Å². The van der Waals surface area contributed by atoms with Gasteiger partial charge in [0.15, 0.2) is 16.6 Å². The fraction of sp³-hybridized carbons (Fsp3) is 0.227. The Morgan fingerprint density at radius 3 is 2.84 bits per heavy atom. The number of carbonyl (C=O) groups excluding carboxylic acids is 2. The van der Waals surface area contributed by atoms with Crippen molar-refractivity contribution < 1.29 is 19.1 Å². The summed E-state index contributed by atoms with van der Waals surface area (Å²) in [6.07, 6.45) is 1.44. The number of aryl methyl sites for hydroxylation is 2. The summed E-state index contributed by atoms with van der Waals surface area (Å²) in [5.41, 5.74) is 2.80. The monoisotopic (exact) mass is 455 g/mol. The van der Waals surface area contributed by atoms with Crippen molar-refractivity contribution in [3.8, 4) is 11.5 Å². The molecule has 0 saturated heterocycles. The zero-order valence-electron chi connectivity index (χ0n) is 16.5. The molecule has 0 spiro atoms. The van der Waals surface area contributed by atoms with E-state index in [0.29, 0.717) is 39.3 Å². The molecule has 31 heavy (non-hydrogen) atoms. The molecule has 7 nitrogen and oxygen atoms in total. The maximum Gasteiger partial charge on any atom is 0.257 e. The van der Waals surface area contributed by atoms with Crippen LogP contribution in [0.5, 0.6) is 11.5 Å². The molecule has 5 rings (SSSR count). The van der Waals surface area contributed by atoms with Crippen molar-refractivity contribution in [3.05, 3.63) is 63.1 Å². The highest BCUT2D eigenvalue weighted by atomic mass is 35.5. The van der Waals surface area contributed by atoms with Gasteiger partial charge in [0, 0.05) is 21.2 Å². The molecule has 2 amide bonds. The number of rotatable bonds is 4. The lowest BCUT2D eigenvalue weighted by Crippen LogP contribution is -2.20. The van der Waals surface area contributed by atoms with Crippen LogP contribution in [-0.2, 0) is 11.2 Å². The van der Waals surface area contributed by atoms with Crippen molar-refractivity contribution in [2.24, 2.45) is 0 Å². The summed E-state index contributed by atoms with van der Waals surface area (Å²) in [7, 11) is 0. The molecule has 2 heterocycles. The summed E-state index contributed by atoms with van der Waals surface area (Å²) in [6.45, 7) is 2.07. The third-order valence-electron chi connectivity index (χ3n) is 5.35. The van der Waals surface area contributed by atoms with Crippen LogP contribution < -0.4 is 20.1 Å². The molecule has 1 atom stereocenters. The number of amides is 2. The Kier molecular flexibility index (Phi) is 5.03. The minimum absolute atomic E-state index is 0.122. The lowest BCUT2D eigenvalue weighted by atomic mass is 10.1. The third kappa shape index (κ3) is 3.84. The Hall–Kier alpha value is -3.10. The fourth-order valence-electron chi connectivity index (χ4n) is 3.69. The third-order valence-corrected chi connectivity index (χ3v) is 6.63. The largest absolute Gasteiger partial charge is 0.454 e. The van der Waals surface area contributed by atoms with Crippen molar-refractivity contribution >= 4 is 45.6 Å². The van der Waals surface area contributed by atoms with E-state index in [1.807, 2.05) is 13.0 Å². The minimum atomic E-state index is -0.360. The number of ether oxygens (including phenoxy) is 2. The van der Waals surface area contributed by atoms with Crippen LogP contribution in [0.3, 0.4) is 0 Å². The predicted molar refractivity (Wildman–Crippen MR) is 119 cm³/mol. The summed E-state index contributed by atoms with van der Waals surface area (Å²) in [5.74, 6) is 0.390. The first-order valence-electron chi connectivity index (χ1n) is 9.75. The number of benzene rings is 2. The number of aromatic nitrogens is 1. The van der Waals surface area contributed by atoms with Crippen LogP contribution >= 0.6 is 22.9 Å². The van der Waals surface area contributed by atoms with Crippen molar-refractivity contribution in [1.82, 2.24) is 4.98 Å². The van der Waals surface area contributed by atoms with E-state index in [2.05, 4.69) is 15.6 Å². The topological polar surface area (TPSA) is 89.6 Å². The van der Waals surface area contributed by atoms with Gasteiger partial charge in [-0.15, -0.1) is 11.3 Å². The second kappa shape index (κ2) is 7.86. The molecule has 2 aromatic carbocycles. The summed E-state index contributed by atoms with van der Waals surface area (Å²) in [6, 6.07) is 10.4. The van der Waals surface area contributed by atoms with E-state index in [4.69, 9.17) is 21.1 Å². The van der Waals surface area contributed by atoms with Gasteiger partial charge in [-0.3, -0.25) is 14.9 Å². The number of anilines is 2. The van der Waals surface area contributed by atoms with Gasteiger partial charge in [0.2, 0.25) is 12.7 Å². The molecule has 1 unspecified atom stereocenters. The number of nitrogens with one attached hydrogen (secondary N) is 2. The Balaban J connectivity index is 1.30. The maximum atomic E-state index is 12.9. The van der Waals surface area contributed by atoms with Crippen LogP contribution in [0.15, 0.2) is 36.4 Å². The first-order chi connectivity index (χ1) is 15.0. The summed E-state index contributed by atoms with van der Waals surface area (Å²) in [4.78, 5) is 31.1. The maximum absolute atomic E-state index is 12.9. The van der Waals surface area contributed by atoms with Gasteiger partial charge in [-0.05, 0) is 55.7 Å². The average molecular weight is 456 g/mol. The molecule has 0 radical (unpaired) electrons. The highest BCUT2D eigenvalue weighted by molar-refractivity contribution is 7.16. The van der Waals surface area contributed by atoms with Gasteiger partial charge in [0.05, 0.1) is 11.6 Å². The molecule has 3 aromatic rings. The highest BCUT2D eigenvalue weighted by Gasteiger charge is 2.33. The Labute approximate surface area is 187 Å².